The van der Waals surface area contributed by atoms with Crippen molar-refractivity contribution in [3.63, 3.8) is 0 Å². The molecule has 1 aliphatic heterocycles. The molecule has 0 atom stereocenters. The lowest BCUT2D eigenvalue weighted by Crippen LogP contribution is -2.32. The molecule has 1 aliphatic rings. The topological polar surface area (TPSA) is 66.0 Å². The zero-order chi connectivity index (χ0) is 25.9. The SMILES string of the molecule is COCOc1ccc(-c2ccc3c(c2COC(=O)c2ccc(C)cc2)C(C)=CC(C)(C)N3)c(OC)c1. The van der Waals surface area contributed by atoms with Crippen LogP contribution >= 0.6 is 0 Å². The summed E-state index contributed by atoms with van der Waals surface area (Å²) in [6.07, 6.45) is 2.20. The van der Waals surface area contributed by atoms with Gasteiger partial charge in [-0.15, -0.1) is 0 Å². The predicted molar refractivity (Wildman–Crippen MR) is 143 cm³/mol. The minimum atomic E-state index is -0.362. The van der Waals surface area contributed by atoms with E-state index in [9.17, 15) is 4.79 Å². The number of fused-ring (bicyclic) bond motifs is 1. The molecule has 0 spiro atoms. The summed E-state index contributed by atoms with van der Waals surface area (Å²) in [5, 5.41) is 3.59. The number of methoxy groups -OCH3 is 2. The average Bonchev–Trinajstić information content (AvgIpc) is 2.85. The van der Waals surface area contributed by atoms with Crippen molar-refractivity contribution in [3.05, 3.63) is 82.9 Å². The van der Waals surface area contributed by atoms with Crippen LogP contribution in [0.3, 0.4) is 0 Å². The van der Waals surface area contributed by atoms with E-state index in [1.165, 1.54) is 0 Å². The highest BCUT2D eigenvalue weighted by Gasteiger charge is 2.27. The van der Waals surface area contributed by atoms with Gasteiger partial charge in [-0.2, -0.15) is 0 Å². The number of nitrogens with one attached hydrogen (secondary N) is 1. The fourth-order valence-corrected chi connectivity index (χ4v) is 4.62. The first-order valence-corrected chi connectivity index (χ1v) is 11.9. The van der Waals surface area contributed by atoms with Gasteiger partial charge in [-0.1, -0.05) is 29.8 Å². The van der Waals surface area contributed by atoms with Crippen LogP contribution in [0.15, 0.2) is 60.7 Å². The molecule has 0 amide bonds. The smallest absolute Gasteiger partial charge is 0.338 e. The van der Waals surface area contributed by atoms with Crippen molar-refractivity contribution in [1.82, 2.24) is 0 Å². The van der Waals surface area contributed by atoms with Crippen LogP contribution in [0.1, 0.15) is 47.8 Å². The Morgan fingerprint density at radius 2 is 1.67 bits per heavy atom. The Morgan fingerprint density at radius 1 is 0.944 bits per heavy atom. The van der Waals surface area contributed by atoms with Crippen molar-refractivity contribution >= 4 is 17.2 Å². The third kappa shape index (κ3) is 5.39. The molecule has 0 aromatic heterocycles. The van der Waals surface area contributed by atoms with Crippen LogP contribution in [0.5, 0.6) is 11.5 Å². The van der Waals surface area contributed by atoms with Gasteiger partial charge >= 0.3 is 5.97 Å². The van der Waals surface area contributed by atoms with Gasteiger partial charge in [0.25, 0.3) is 0 Å². The zero-order valence-electron chi connectivity index (χ0n) is 21.7. The minimum Gasteiger partial charge on any atom is -0.496 e. The molecule has 3 aromatic carbocycles. The van der Waals surface area contributed by atoms with Crippen molar-refractivity contribution in [1.29, 1.82) is 0 Å². The third-order valence-electron chi connectivity index (χ3n) is 6.18. The van der Waals surface area contributed by atoms with Crippen LogP contribution < -0.4 is 14.8 Å². The summed E-state index contributed by atoms with van der Waals surface area (Å²) < 4.78 is 22.2. The van der Waals surface area contributed by atoms with Crippen molar-refractivity contribution in [2.75, 3.05) is 26.3 Å². The Morgan fingerprint density at radius 3 is 2.36 bits per heavy atom. The van der Waals surface area contributed by atoms with Crippen molar-refractivity contribution in [3.8, 4) is 22.6 Å². The van der Waals surface area contributed by atoms with Gasteiger partial charge in [-0.3, -0.25) is 0 Å². The summed E-state index contributed by atoms with van der Waals surface area (Å²) in [4.78, 5) is 12.9. The van der Waals surface area contributed by atoms with E-state index in [-0.39, 0.29) is 24.9 Å². The van der Waals surface area contributed by atoms with E-state index in [0.717, 1.165) is 39.1 Å². The van der Waals surface area contributed by atoms with E-state index in [0.29, 0.717) is 17.1 Å². The minimum absolute atomic E-state index is 0.115. The molecule has 0 bridgehead atoms. The quantitative estimate of drug-likeness (QED) is 0.285. The number of anilines is 1. The van der Waals surface area contributed by atoms with E-state index in [2.05, 4.69) is 38.2 Å². The fraction of sp³-hybridized carbons (Fsp3) is 0.300. The molecule has 6 heteroatoms. The summed E-state index contributed by atoms with van der Waals surface area (Å²) in [5.41, 5.74) is 7.30. The zero-order valence-corrected chi connectivity index (χ0v) is 21.7. The highest BCUT2D eigenvalue weighted by molar-refractivity contribution is 5.91. The summed E-state index contributed by atoms with van der Waals surface area (Å²) in [7, 11) is 3.21. The van der Waals surface area contributed by atoms with Gasteiger partial charge in [0.2, 0.25) is 0 Å². The van der Waals surface area contributed by atoms with Gasteiger partial charge in [-0.25, -0.2) is 4.79 Å². The average molecular weight is 488 g/mol. The number of hydrogen-bond acceptors (Lipinski definition) is 6. The second-order valence-electron chi connectivity index (χ2n) is 9.54. The molecular weight excluding hydrogens is 454 g/mol. The van der Waals surface area contributed by atoms with E-state index < -0.39 is 0 Å². The van der Waals surface area contributed by atoms with Gasteiger partial charge < -0.3 is 24.3 Å². The lowest BCUT2D eigenvalue weighted by Gasteiger charge is -2.33. The molecule has 36 heavy (non-hydrogen) atoms. The lowest BCUT2D eigenvalue weighted by molar-refractivity contribution is 0.0473. The Labute approximate surface area is 212 Å². The van der Waals surface area contributed by atoms with Gasteiger partial charge in [0.05, 0.1) is 18.2 Å². The summed E-state index contributed by atoms with van der Waals surface area (Å²) in [6, 6.07) is 17.2. The monoisotopic (exact) mass is 487 g/mol. The van der Waals surface area contributed by atoms with Crippen LogP contribution in [-0.4, -0.2) is 32.5 Å². The molecule has 0 saturated carbocycles. The summed E-state index contributed by atoms with van der Waals surface area (Å²) in [6.45, 7) is 8.60. The van der Waals surface area contributed by atoms with E-state index in [1.807, 2.05) is 43.3 Å². The number of carbonyl (C=O) groups is 1. The maximum atomic E-state index is 12.9. The van der Waals surface area contributed by atoms with Crippen LogP contribution in [0.4, 0.5) is 5.69 Å². The van der Waals surface area contributed by atoms with Crippen molar-refractivity contribution in [2.24, 2.45) is 0 Å². The number of hydrogen-bond donors (Lipinski definition) is 1. The normalized spacial score (nSPS) is 13.8. The number of ether oxygens (including phenoxy) is 4. The number of carbonyl (C=O) groups excluding carboxylic acids is 1. The van der Waals surface area contributed by atoms with Crippen molar-refractivity contribution < 1.29 is 23.7 Å². The second-order valence-corrected chi connectivity index (χ2v) is 9.54. The highest BCUT2D eigenvalue weighted by Crippen LogP contribution is 2.43. The molecule has 0 aliphatic carbocycles. The second kappa shape index (κ2) is 10.5. The van der Waals surface area contributed by atoms with Gasteiger partial charge in [0.1, 0.15) is 18.1 Å². The Hall–Kier alpha value is -3.77. The van der Waals surface area contributed by atoms with Gasteiger partial charge in [0, 0.05) is 35.6 Å². The first-order valence-electron chi connectivity index (χ1n) is 11.9. The largest absolute Gasteiger partial charge is 0.496 e. The number of benzene rings is 3. The summed E-state index contributed by atoms with van der Waals surface area (Å²) >= 11 is 0. The molecule has 3 aromatic rings. The van der Waals surface area contributed by atoms with Gasteiger partial charge in [0.15, 0.2) is 6.79 Å². The molecule has 1 N–H and O–H groups in total. The van der Waals surface area contributed by atoms with Crippen LogP contribution in [0, 0.1) is 6.92 Å². The van der Waals surface area contributed by atoms with E-state index in [4.69, 9.17) is 18.9 Å². The first kappa shape index (κ1) is 25.3. The molecule has 1 heterocycles. The maximum absolute atomic E-state index is 12.9. The van der Waals surface area contributed by atoms with E-state index in [1.54, 1.807) is 26.4 Å². The van der Waals surface area contributed by atoms with Crippen LogP contribution in [-0.2, 0) is 16.1 Å². The predicted octanol–water partition coefficient (Wildman–Crippen LogP) is 6.62. The number of aryl methyl sites for hydroxylation is 1. The molecule has 0 unspecified atom stereocenters. The number of rotatable bonds is 8. The standard InChI is InChI=1S/C30H33NO5/c1-19-7-9-21(10-8-19)29(32)35-17-25-23(13-14-26-28(25)20(2)16-30(3,4)31-26)24-12-11-22(36-18-33-5)15-27(24)34-6/h7-16,31H,17-18H2,1-6H3. The molecule has 0 radical (unpaired) electrons. The molecule has 188 valence electrons. The Kier molecular flexibility index (Phi) is 7.36. The highest BCUT2D eigenvalue weighted by atomic mass is 16.7. The molecule has 0 saturated heterocycles. The van der Waals surface area contributed by atoms with Gasteiger partial charge in [-0.05, 0) is 69.2 Å². The number of esters is 1. The fourth-order valence-electron chi connectivity index (χ4n) is 4.62. The summed E-state index contributed by atoms with van der Waals surface area (Å²) in [5.74, 6) is 0.933. The Bertz CT molecular complexity index is 1290. The van der Waals surface area contributed by atoms with Crippen LogP contribution in [0.2, 0.25) is 0 Å². The van der Waals surface area contributed by atoms with Crippen LogP contribution in [0.25, 0.3) is 16.7 Å². The molecule has 6 nitrogen and oxygen atoms in total. The molecule has 0 fully saturated rings. The first-order chi connectivity index (χ1) is 17.2. The van der Waals surface area contributed by atoms with Crippen molar-refractivity contribution in [2.45, 2.75) is 39.8 Å². The third-order valence-corrected chi connectivity index (χ3v) is 6.18. The molecule has 4 rings (SSSR count). The lowest BCUT2D eigenvalue weighted by atomic mass is 9.85. The maximum Gasteiger partial charge on any atom is 0.338 e. The molecular formula is C30H33NO5. The van der Waals surface area contributed by atoms with E-state index >= 15 is 0 Å². The Balaban J connectivity index is 1.78. The number of allylic oxidation sites excluding steroid dienone is 1.